The number of rotatable bonds is 8. The SMILES string of the molecule is COc1ccc(C(CC(N)=O)c2oc(CN3CCCCC3)cc(=O)c2O)cc1OC. The van der Waals surface area contributed by atoms with Crippen molar-refractivity contribution in [2.75, 3.05) is 27.3 Å². The van der Waals surface area contributed by atoms with E-state index in [0.717, 1.165) is 25.9 Å². The normalized spacial score (nSPS) is 15.5. The van der Waals surface area contributed by atoms with E-state index in [1.165, 1.54) is 26.7 Å². The number of methoxy groups -OCH3 is 2. The summed E-state index contributed by atoms with van der Waals surface area (Å²) in [5.41, 5.74) is 5.53. The van der Waals surface area contributed by atoms with Crippen LogP contribution in [0.2, 0.25) is 0 Å². The number of amides is 1. The summed E-state index contributed by atoms with van der Waals surface area (Å²) < 4.78 is 16.6. The second-order valence-electron chi connectivity index (χ2n) is 7.46. The summed E-state index contributed by atoms with van der Waals surface area (Å²) >= 11 is 0. The highest BCUT2D eigenvalue weighted by atomic mass is 16.5. The molecule has 30 heavy (non-hydrogen) atoms. The Hall–Kier alpha value is -3.00. The highest BCUT2D eigenvalue weighted by Gasteiger charge is 2.27. The lowest BCUT2D eigenvalue weighted by molar-refractivity contribution is -0.118. The largest absolute Gasteiger partial charge is 0.502 e. The van der Waals surface area contributed by atoms with Gasteiger partial charge in [0.25, 0.3) is 0 Å². The number of carbonyl (C=O) groups excluding carboxylic acids is 1. The van der Waals surface area contributed by atoms with E-state index in [0.29, 0.717) is 29.4 Å². The predicted molar refractivity (Wildman–Crippen MR) is 111 cm³/mol. The second-order valence-corrected chi connectivity index (χ2v) is 7.46. The quantitative estimate of drug-likeness (QED) is 0.679. The molecule has 0 aliphatic carbocycles. The fourth-order valence-electron chi connectivity index (χ4n) is 3.84. The summed E-state index contributed by atoms with van der Waals surface area (Å²) in [4.78, 5) is 26.5. The van der Waals surface area contributed by atoms with Crippen LogP contribution in [0, 0.1) is 0 Å². The van der Waals surface area contributed by atoms with E-state index < -0.39 is 23.0 Å². The monoisotopic (exact) mass is 416 g/mol. The van der Waals surface area contributed by atoms with E-state index in [9.17, 15) is 14.7 Å². The van der Waals surface area contributed by atoms with Gasteiger partial charge >= 0.3 is 0 Å². The molecule has 0 bridgehead atoms. The van der Waals surface area contributed by atoms with Gasteiger partial charge in [0.15, 0.2) is 17.3 Å². The van der Waals surface area contributed by atoms with Gasteiger partial charge in [-0.1, -0.05) is 12.5 Å². The van der Waals surface area contributed by atoms with Gasteiger partial charge in [0, 0.05) is 12.5 Å². The number of primary amides is 1. The molecule has 1 unspecified atom stereocenters. The van der Waals surface area contributed by atoms with Crippen molar-refractivity contribution in [1.82, 2.24) is 4.90 Å². The number of ether oxygens (including phenoxy) is 2. The maximum Gasteiger partial charge on any atom is 0.227 e. The van der Waals surface area contributed by atoms with Gasteiger partial charge in [0.1, 0.15) is 5.76 Å². The zero-order chi connectivity index (χ0) is 21.7. The molecule has 162 valence electrons. The van der Waals surface area contributed by atoms with Crippen LogP contribution in [0.1, 0.15) is 48.7 Å². The second kappa shape index (κ2) is 9.67. The standard InChI is InChI=1S/C22H28N2O6/c1-28-18-7-6-14(10-19(18)29-2)16(12-20(23)26)22-21(27)17(25)11-15(30-22)13-24-8-4-3-5-9-24/h6-7,10-11,16,27H,3-5,8-9,12-13H2,1-2H3,(H2,23,26). The zero-order valence-corrected chi connectivity index (χ0v) is 17.3. The summed E-state index contributed by atoms with van der Waals surface area (Å²) in [6, 6.07) is 6.41. The van der Waals surface area contributed by atoms with Crippen LogP contribution in [-0.2, 0) is 11.3 Å². The van der Waals surface area contributed by atoms with Gasteiger partial charge in [0.2, 0.25) is 17.1 Å². The van der Waals surface area contributed by atoms with Crippen LogP contribution in [0.25, 0.3) is 0 Å². The van der Waals surface area contributed by atoms with Crippen molar-refractivity contribution in [2.45, 2.75) is 38.1 Å². The Kier molecular flexibility index (Phi) is 6.99. The van der Waals surface area contributed by atoms with E-state index >= 15 is 0 Å². The third-order valence-electron chi connectivity index (χ3n) is 5.36. The van der Waals surface area contributed by atoms with Crippen LogP contribution < -0.4 is 20.6 Å². The van der Waals surface area contributed by atoms with Crippen LogP contribution in [0.15, 0.2) is 33.5 Å². The molecule has 1 aromatic carbocycles. The molecule has 1 aliphatic rings. The van der Waals surface area contributed by atoms with Gasteiger partial charge in [-0.25, -0.2) is 0 Å². The topological polar surface area (TPSA) is 115 Å². The van der Waals surface area contributed by atoms with Crippen LogP contribution in [0.4, 0.5) is 0 Å². The van der Waals surface area contributed by atoms with Crippen molar-refractivity contribution in [2.24, 2.45) is 5.73 Å². The number of nitrogens with two attached hydrogens (primary N) is 1. The molecule has 3 rings (SSSR count). The number of carbonyl (C=O) groups is 1. The van der Waals surface area contributed by atoms with Crippen molar-refractivity contribution in [3.05, 3.63) is 51.6 Å². The Morgan fingerprint density at radius 3 is 2.50 bits per heavy atom. The fourth-order valence-corrected chi connectivity index (χ4v) is 3.84. The van der Waals surface area contributed by atoms with Gasteiger partial charge in [-0.2, -0.15) is 0 Å². The molecule has 2 heterocycles. The molecule has 1 saturated heterocycles. The Bertz CT molecular complexity index is 949. The highest BCUT2D eigenvalue weighted by molar-refractivity contribution is 5.75. The average Bonchev–Trinajstić information content (AvgIpc) is 2.74. The number of aromatic hydroxyl groups is 1. The summed E-state index contributed by atoms with van der Waals surface area (Å²) in [5.74, 6) is -0.391. The maximum atomic E-state index is 12.5. The van der Waals surface area contributed by atoms with E-state index in [4.69, 9.17) is 19.6 Å². The first-order chi connectivity index (χ1) is 14.4. The summed E-state index contributed by atoms with van der Waals surface area (Å²) in [5, 5.41) is 10.5. The molecular weight excluding hydrogens is 388 g/mol. The number of nitrogens with zero attached hydrogens (tertiary/aromatic N) is 1. The van der Waals surface area contributed by atoms with Gasteiger partial charge in [-0.3, -0.25) is 14.5 Å². The first-order valence-corrected chi connectivity index (χ1v) is 10.0. The van der Waals surface area contributed by atoms with E-state index in [-0.39, 0.29) is 12.2 Å². The fraction of sp³-hybridized carbons (Fsp3) is 0.455. The van der Waals surface area contributed by atoms with Crippen LogP contribution >= 0.6 is 0 Å². The molecule has 1 amide bonds. The van der Waals surface area contributed by atoms with E-state index in [1.807, 2.05) is 0 Å². The molecule has 1 aromatic heterocycles. The molecule has 1 atom stereocenters. The highest BCUT2D eigenvalue weighted by Crippen LogP contribution is 2.37. The van der Waals surface area contributed by atoms with Gasteiger partial charge in [-0.15, -0.1) is 0 Å². The predicted octanol–water partition coefficient (Wildman–Crippen LogP) is 2.36. The molecule has 3 N–H and O–H groups in total. The van der Waals surface area contributed by atoms with Gasteiger partial charge in [0.05, 0.1) is 26.7 Å². The Morgan fingerprint density at radius 1 is 1.17 bits per heavy atom. The molecule has 0 spiro atoms. The van der Waals surface area contributed by atoms with Crippen LogP contribution in [0.5, 0.6) is 17.2 Å². The third-order valence-corrected chi connectivity index (χ3v) is 5.36. The third kappa shape index (κ3) is 4.94. The molecule has 8 nitrogen and oxygen atoms in total. The average molecular weight is 416 g/mol. The van der Waals surface area contributed by atoms with Crippen molar-refractivity contribution in [3.63, 3.8) is 0 Å². The van der Waals surface area contributed by atoms with Crippen LogP contribution in [-0.4, -0.2) is 43.2 Å². The minimum absolute atomic E-state index is 0.0283. The minimum Gasteiger partial charge on any atom is -0.502 e. The molecule has 0 saturated carbocycles. The summed E-state index contributed by atoms with van der Waals surface area (Å²) in [7, 11) is 3.02. The van der Waals surface area contributed by atoms with Crippen molar-refractivity contribution in [1.29, 1.82) is 0 Å². The first-order valence-electron chi connectivity index (χ1n) is 10.0. The Balaban J connectivity index is 2.03. The number of piperidine rings is 1. The summed E-state index contributed by atoms with van der Waals surface area (Å²) in [6.07, 6.45) is 3.26. The Labute approximate surface area is 175 Å². The lowest BCUT2D eigenvalue weighted by Crippen LogP contribution is -2.29. The Morgan fingerprint density at radius 2 is 1.87 bits per heavy atom. The molecule has 8 heteroatoms. The lowest BCUT2D eigenvalue weighted by atomic mass is 9.91. The smallest absolute Gasteiger partial charge is 0.227 e. The summed E-state index contributed by atoms with van der Waals surface area (Å²) in [6.45, 7) is 2.33. The lowest BCUT2D eigenvalue weighted by Gasteiger charge is -2.26. The van der Waals surface area contributed by atoms with E-state index in [2.05, 4.69) is 4.90 Å². The molecule has 1 fully saturated rings. The molecule has 1 aliphatic heterocycles. The number of hydrogen-bond donors (Lipinski definition) is 2. The van der Waals surface area contributed by atoms with Gasteiger partial charge < -0.3 is 24.7 Å². The zero-order valence-electron chi connectivity index (χ0n) is 17.3. The molecule has 2 aromatic rings. The number of likely N-dealkylation sites (tertiary alicyclic amines) is 1. The van der Waals surface area contributed by atoms with Crippen molar-refractivity contribution >= 4 is 5.91 Å². The van der Waals surface area contributed by atoms with Crippen molar-refractivity contribution < 1.29 is 23.8 Å². The molecule has 0 radical (unpaired) electrons. The van der Waals surface area contributed by atoms with E-state index in [1.54, 1.807) is 18.2 Å². The first kappa shape index (κ1) is 21.7. The number of hydrogen-bond acceptors (Lipinski definition) is 7. The number of benzene rings is 1. The maximum absolute atomic E-state index is 12.5. The van der Waals surface area contributed by atoms with Gasteiger partial charge in [-0.05, 0) is 43.6 Å². The molecular formula is C22H28N2O6. The van der Waals surface area contributed by atoms with Crippen LogP contribution in [0.3, 0.4) is 0 Å². The van der Waals surface area contributed by atoms with Crippen molar-refractivity contribution in [3.8, 4) is 17.2 Å². The minimum atomic E-state index is -0.740.